The number of anilines is 2. The van der Waals surface area contributed by atoms with Gasteiger partial charge in [0.05, 0.1) is 17.7 Å². The number of rotatable bonds is 6. The van der Waals surface area contributed by atoms with Gasteiger partial charge in [-0.25, -0.2) is 4.98 Å². The average Bonchev–Trinajstić information content (AvgIpc) is 3.80. The van der Waals surface area contributed by atoms with Gasteiger partial charge in [-0.3, -0.25) is 4.57 Å². The lowest BCUT2D eigenvalue weighted by Gasteiger charge is -2.34. The number of pyridine rings is 1. The molecule has 350 valence electrons. The normalized spacial score (nSPS) is 14.5. The molecule has 0 N–H and O–H groups in total. The van der Waals surface area contributed by atoms with Crippen LogP contribution >= 0.6 is 0 Å². The van der Waals surface area contributed by atoms with Crippen LogP contribution in [0.4, 0.5) is 11.4 Å². The van der Waals surface area contributed by atoms with Gasteiger partial charge in [-0.15, -0.1) is 0 Å². The second-order valence-electron chi connectivity index (χ2n) is 25.3. The molecule has 5 nitrogen and oxygen atoms in total. The maximum absolute atomic E-state index is 6.91. The fraction of sp³-hybridized carbons (Fsp3) is 0.403. The topological polar surface area (TPSA) is 33.5 Å². The van der Waals surface area contributed by atoms with Crippen LogP contribution in [0.3, 0.4) is 0 Å². The van der Waals surface area contributed by atoms with Gasteiger partial charge in [0.2, 0.25) is 0 Å². The van der Waals surface area contributed by atoms with Crippen molar-refractivity contribution < 1.29 is 4.74 Å². The summed E-state index contributed by atoms with van der Waals surface area (Å²) in [6.07, 6.45) is 1.94. The molecule has 0 aliphatic carbocycles. The fourth-order valence-electron chi connectivity index (χ4n) is 9.65. The number of fused-ring (bicyclic) bond motifs is 3. The number of hydrogen-bond acceptors (Lipinski definition) is 4. The van der Waals surface area contributed by atoms with E-state index in [2.05, 4.69) is 254 Å². The SMILES string of the molecule is CC(C)(C)C1=C(C(C)(C)C)N(c2cc(-c3ccc(C(C)(C)C)cc3)cc(C(C)(C)C)c2)CN1c1cccc(Oc2ccc3c4cc(C(C)(C)C)ccc4n(-c4cc(C(C)(C)C)ccn4)c3c2)c1. The van der Waals surface area contributed by atoms with Gasteiger partial charge in [0.15, 0.2) is 0 Å². The summed E-state index contributed by atoms with van der Waals surface area (Å²) in [7, 11) is 0. The molecule has 0 fully saturated rings. The predicted octanol–water partition coefficient (Wildman–Crippen LogP) is 17.4. The van der Waals surface area contributed by atoms with Crippen molar-refractivity contribution in [3.63, 3.8) is 0 Å². The van der Waals surface area contributed by atoms with E-state index in [0.29, 0.717) is 6.67 Å². The van der Waals surface area contributed by atoms with Crippen molar-refractivity contribution in [3.05, 3.63) is 155 Å². The number of aromatic nitrogens is 2. The highest BCUT2D eigenvalue weighted by Crippen LogP contribution is 2.49. The minimum Gasteiger partial charge on any atom is -0.457 e. The first kappa shape index (κ1) is 47.7. The van der Waals surface area contributed by atoms with Gasteiger partial charge in [0.1, 0.15) is 17.3 Å². The third-order valence-electron chi connectivity index (χ3n) is 13.5. The smallest absolute Gasteiger partial charge is 0.137 e. The summed E-state index contributed by atoms with van der Waals surface area (Å²) in [5, 5.41) is 2.39. The lowest BCUT2D eigenvalue weighted by Crippen LogP contribution is -2.31. The van der Waals surface area contributed by atoms with Crippen molar-refractivity contribution in [2.24, 2.45) is 10.8 Å². The van der Waals surface area contributed by atoms with E-state index in [1.807, 2.05) is 6.20 Å². The first-order valence-corrected chi connectivity index (χ1v) is 24.4. The van der Waals surface area contributed by atoms with Crippen molar-refractivity contribution in [3.8, 4) is 28.4 Å². The molecule has 0 saturated heterocycles. The number of benzene rings is 5. The van der Waals surface area contributed by atoms with Crippen molar-refractivity contribution in [1.82, 2.24) is 9.55 Å². The molecule has 3 heterocycles. The Kier molecular flexibility index (Phi) is 11.7. The summed E-state index contributed by atoms with van der Waals surface area (Å²) in [5.41, 5.74) is 14.6. The monoisotopic (exact) mass is 893 g/mol. The Labute approximate surface area is 402 Å². The summed E-state index contributed by atoms with van der Waals surface area (Å²) in [6.45, 7) is 42.2. The minimum atomic E-state index is -0.162. The first-order chi connectivity index (χ1) is 31.0. The van der Waals surface area contributed by atoms with Crippen LogP contribution in [-0.2, 0) is 21.7 Å². The van der Waals surface area contributed by atoms with Crippen molar-refractivity contribution in [2.75, 3.05) is 16.5 Å². The molecule has 0 saturated carbocycles. The van der Waals surface area contributed by atoms with Crippen LogP contribution in [0.15, 0.2) is 133 Å². The maximum atomic E-state index is 6.91. The molecule has 5 heteroatoms. The van der Waals surface area contributed by atoms with E-state index in [4.69, 9.17) is 9.72 Å². The van der Waals surface area contributed by atoms with Crippen LogP contribution in [0.2, 0.25) is 0 Å². The number of hydrogen-bond donors (Lipinski definition) is 0. The van der Waals surface area contributed by atoms with Crippen molar-refractivity contribution in [1.29, 1.82) is 0 Å². The molecule has 0 atom stereocenters. The number of allylic oxidation sites excluding steroid dienone is 2. The van der Waals surface area contributed by atoms with E-state index in [1.54, 1.807) is 0 Å². The quantitative estimate of drug-likeness (QED) is 0.167. The molecule has 67 heavy (non-hydrogen) atoms. The van der Waals surface area contributed by atoms with E-state index in [-0.39, 0.29) is 32.5 Å². The molecule has 0 radical (unpaired) electrons. The van der Waals surface area contributed by atoms with Crippen molar-refractivity contribution >= 4 is 33.2 Å². The van der Waals surface area contributed by atoms with Gasteiger partial charge in [-0.05, 0) is 116 Å². The molecule has 0 amide bonds. The minimum absolute atomic E-state index is 0.0153. The van der Waals surface area contributed by atoms with Crippen LogP contribution in [-0.4, -0.2) is 16.2 Å². The van der Waals surface area contributed by atoms with Gasteiger partial charge >= 0.3 is 0 Å². The summed E-state index contributed by atoms with van der Waals surface area (Å²) in [6, 6.07) is 42.9. The van der Waals surface area contributed by atoms with Gasteiger partial charge in [-0.1, -0.05) is 167 Å². The summed E-state index contributed by atoms with van der Waals surface area (Å²) >= 11 is 0. The predicted molar refractivity (Wildman–Crippen MR) is 288 cm³/mol. The highest BCUT2D eigenvalue weighted by atomic mass is 16.5. The Bertz CT molecular complexity index is 3010. The average molecular weight is 893 g/mol. The first-order valence-electron chi connectivity index (χ1n) is 24.4. The second kappa shape index (κ2) is 16.5. The second-order valence-corrected chi connectivity index (χ2v) is 25.3. The van der Waals surface area contributed by atoms with Crippen molar-refractivity contribution in [2.45, 2.75) is 146 Å². The lowest BCUT2D eigenvalue weighted by molar-refractivity contribution is 0.444. The molecule has 0 bridgehead atoms. The molecular formula is C62H76N4O. The zero-order chi connectivity index (χ0) is 48.8. The molecule has 7 aromatic rings. The van der Waals surface area contributed by atoms with E-state index in [9.17, 15) is 0 Å². The molecule has 1 aliphatic heterocycles. The maximum Gasteiger partial charge on any atom is 0.137 e. The van der Waals surface area contributed by atoms with E-state index >= 15 is 0 Å². The van der Waals surface area contributed by atoms with Crippen LogP contribution in [0.1, 0.15) is 147 Å². The Morgan fingerprint density at radius 3 is 1.57 bits per heavy atom. The zero-order valence-electron chi connectivity index (χ0n) is 44.0. The van der Waals surface area contributed by atoms with Gasteiger partial charge in [0, 0.05) is 62.7 Å². The molecule has 2 aromatic heterocycles. The van der Waals surface area contributed by atoms with E-state index in [1.165, 1.54) is 61.2 Å². The number of ether oxygens (including phenoxy) is 1. The Balaban J connectivity index is 1.22. The highest BCUT2D eigenvalue weighted by Gasteiger charge is 2.42. The molecule has 5 aromatic carbocycles. The molecule has 8 rings (SSSR count). The Morgan fingerprint density at radius 1 is 0.403 bits per heavy atom. The van der Waals surface area contributed by atoms with Crippen LogP contribution < -0.4 is 14.5 Å². The molecular weight excluding hydrogens is 817 g/mol. The fourth-order valence-corrected chi connectivity index (χ4v) is 9.65. The van der Waals surface area contributed by atoms with Gasteiger partial charge < -0.3 is 14.5 Å². The third kappa shape index (κ3) is 9.54. The van der Waals surface area contributed by atoms with Gasteiger partial charge in [0.25, 0.3) is 0 Å². The van der Waals surface area contributed by atoms with Crippen LogP contribution in [0.25, 0.3) is 38.8 Å². The molecule has 1 aliphatic rings. The largest absolute Gasteiger partial charge is 0.457 e. The van der Waals surface area contributed by atoms with Crippen LogP contribution in [0.5, 0.6) is 11.5 Å². The van der Waals surface area contributed by atoms with Gasteiger partial charge in [-0.2, -0.15) is 0 Å². The summed E-state index contributed by atoms with van der Waals surface area (Å²) in [4.78, 5) is 10.1. The molecule has 0 unspecified atom stereocenters. The zero-order valence-corrected chi connectivity index (χ0v) is 44.0. The third-order valence-corrected chi connectivity index (χ3v) is 13.5. The van der Waals surface area contributed by atoms with E-state index < -0.39 is 0 Å². The highest BCUT2D eigenvalue weighted by molar-refractivity contribution is 6.09. The summed E-state index contributed by atoms with van der Waals surface area (Å²) in [5.74, 6) is 2.48. The number of nitrogens with zero attached hydrogens (tertiary/aromatic N) is 4. The van der Waals surface area contributed by atoms with E-state index in [0.717, 1.165) is 34.0 Å². The molecule has 0 spiro atoms. The standard InChI is InChI=1S/C62H76N4O/c1-57(2,3)42-24-22-40(23-25-42)41-32-45(60(10,11)12)34-47(33-41)65-39-64(55(61(13,14)15)56(65)62(16,17)18)46-20-19-21-48(37-46)67-49-27-28-50-51-35-43(58(4,5)6)26-29-52(51)66(53(50)38-49)54-36-44(30-31-63-54)59(7,8)9/h19-38H,39H2,1-18H3. The van der Waals surface area contributed by atoms with Crippen LogP contribution in [0, 0.1) is 10.8 Å². The Hall–Kier alpha value is -5.81. The summed E-state index contributed by atoms with van der Waals surface area (Å²) < 4.78 is 9.22. The Morgan fingerprint density at radius 2 is 0.970 bits per heavy atom. The lowest BCUT2D eigenvalue weighted by atomic mass is 9.81.